The maximum atomic E-state index is 5.92. The van der Waals surface area contributed by atoms with Crippen LogP contribution in [0.5, 0.6) is 5.75 Å². The molecule has 142 valence electrons. The second-order valence-corrected chi connectivity index (χ2v) is 5.89. The topological polar surface area (TPSA) is 85.6 Å². The van der Waals surface area contributed by atoms with E-state index < -0.39 is 0 Å². The smallest absolute Gasteiger partial charge is 0.191 e. The van der Waals surface area contributed by atoms with Crippen molar-refractivity contribution in [2.75, 3.05) is 27.4 Å². The Hall–Kier alpha value is -2.61. The third-order valence-corrected chi connectivity index (χ3v) is 3.86. The van der Waals surface area contributed by atoms with Crippen LogP contribution in [0.4, 0.5) is 0 Å². The summed E-state index contributed by atoms with van der Waals surface area (Å²) >= 11 is 0. The number of aryl methyl sites for hydroxylation is 2. The largest absolute Gasteiger partial charge is 0.493 e. The predicted molar refractivity (Wildman–Crippen MR) is 101 cm³/mol. The Morgan fingerprint density at radius 3 is 2.73 bits per heavy atom. The maximum Gasteiger partial charge on any atom is 0.191 e. The molecule has 2 aromatic rings. The van der Waals surface area contributed by atoms with Crippen molar-refractivity contribution in [1.29, 1.82) is 0 Å². The zero-order valence-electron chi connectivity index (χ0n) is 16.0. The van der Waals surface area contributed by atoms with Gasteiger partial charge in [-0.3, -0.25) is 9.67 Å². The summed E-state index contributed by atoms with van der Waals surface area (Å²) in [5.74, 6) is 2.42. The number of rotatable bonds is 9. The van der Waals surface area contributed by atoms with Crippen LogP contribution in [0.15, 0.2) is 29.5 Å². The molecule has 0 saturated carbocycles. The summed E-state index contributed by atoms with van der Waals surface area (Å²) in [6.07, 6.45) is 2.39. The lowest BCUT2D eigenvalue weighted by Crippen LogP contribution is -2.37. The van der Waals surface area contributed by atoms with Gasteiger partial charge in [0, 0.05) is 46.3 Å². The molecule has 2 N–H and O–H groups in total. The van der Waals surface area contributed by atoms with E-state index in [-0.39, 0.29) is 0 Å². The molecular weight excluding hydrogens is 332 g/mol. The van der Waals surface area contributed by atoms with Crippen molar-refractivity contribution < 1.29 is 9.47 Å². The number of guanidine groups is 1. The molecule has 26 heavy (non-hydrogen) atoms. The van der Waals surface area contributed by atoms with Crippen molar-refractivity contribution in [3.05, 3.63) is 41.5 Å². The van der Waals surface area contributed by atoms with Gasteiger partial charge in [-0.1, -0.05) is 12.1 Å². The fraction of sp³-hybridized carbons (Fsp3) is 0.500. The van der Waals surface area contributed by atoms with E-state index >= 15 is 0 Å². The Labute approximate surface area is 154 Å². The Kier molecular flexibility index (Phi) is 7.88. The SMILES string of the molecule is CN=C(NCc1ccc(C)cc1OCCCOC)NCc1ncnn1C. The first-order valence-electron chi connectivity index (χ1n) is 8.62. The molecule has 0 unspecified atom stereocenters. The van der Waals surface area contributed by atoms with E-state index in [0.717, 1.165) is 23.6 Å². The van der Waals surface area contributed by atoms with Crippen LogP contribution in [0.3, 0.4) is 0 Å². The molecule has 2 rings (SSSR count). The summed E-state index contributed by atoms with van der Waals surface area (Å²) in [5.41, 5.74) is 2.25. The van der Waals surface area contributed by atoms with Crippen molar-refractivity contribution in [2.45, 2.75) is 26.4 Å². The Morgan fingerprint density at radius 1 is 1.23 bits per heavy atom. The average Bonchev–Trinajstić information content (AvgIpc) is 3.05. The van der Waals surface area contributed by atoms with Crippen LogP contribution in [0.2, 0.25) is 0 Å². The lowest BCUT2D eigenvalue weighted by Gasteiger charge is -2.15. The van der Waals surface area contributed by atoms with Crippen LogP contribution >= 0.6 is 0 Å². The van der Waals surface area contributed by atoms with Crippen molar-refractivity contribution in [2.24, 2.45) is 12.0 Å². The number of aliphatic imine (C=N–C) groups is 1. The van der Waals surface area contributed by atoms with Crippen LogP contribution in [0.1, 0.15) is 23.4 Å². The summed E-state index contributed by atoms with van der Waals surface area (Å²) in [6, 6.07) is 6.21. The number of ether oxygens (including phenoxy) is 2. The second kappa shape index (κ2) is 10.4. The molecule has 1 aromatic carbocycles. The van der Waals surface area contributed by atoms with E-state index in [2.05, 4.69) is 50.8 Å². The molecule has 0 amide bonds. The summed E-state index contributed by atoms with van der Waals surface area (Å²) in [7, 11) is 5.30. The number of aromatic nitrogens is 3. The van der Waals surface area contributed by atoms with Gasteiger partial charge in [0.1, 0.15) is 17.9 Å². The van der Waals surface area contributed by atoms with Gasteiger partial charge in [-0.25, -0.2) is 4.98 Å². The summed E-state index contributed by atoms with van der Waals surface area (Å²) in [5, 5.41) is 10.6. The molecule has 0 aliphatic carbocycles. The van der Waals surface area contributed by atoms with Crippen molar-refractivity contribution in [1.82, 2.24) is 25.4 Å². The summed E-state index contributed by atoms with van der Waals surface area (Å²) in [4.78, 5) is 8.43. The number of hydrogen-bond acceptors (Lipinski definition) is 5. The van der Waals surface area contributed by atoms with Gasteiger partial charge in [-0.2, -0.15) is 5.10 Å². The third-order valence-electron chi connectivity index (χ3n) is 3.86. The minimum atomic E-state index is 0.546. The zero-order chi connectivity index (χ0) is 18.8. The Bertz CT molecular complexity index is 713. The normalized spacial score (nSPS) is 11.5. The van der Waals surface area contributed by atoms with Crippen LogP contribution in [-0.4, -0.2) is 48.1 Å². The van der Waals surface area contributed by atoms with Crippen LogP contribution < -0.4 is 15.4 Å². The van der Waals surface area contributed by atoms with Gasteiger partial charge >= 0.3 is 0 Å². The van der Waals surface area contributed by atoms with E-state index in [1.165, 1.54) is 11.9 Å². The van der Waals surface area contributed by atoms with Gasteiger partial charge in [0.15, 0.2) is 5.96 Å². The average molecular weight is 360 g/mol. The van der Waals surface area contributed by atoms with E-state index in [1.54, 1.807) is 18.8 Å². The van der Waals surface area contributed by atoms with Crippen molar-refractivity contribution in [3.63, 3.8) is 0 Å². The first kappa shape index (κ1) is 19.7. The standard InChI is InChI=1S/C18H28N6O2/c1-14-6-7-15(16(10-14)26-9-5-8-25-4)11-20-18(19-2)21-12-17-22-13-23-24(17)3/h6-7,10,13H,5,8-9,11-12H2,1-4H3,(H2,19,20,21). The molecule has 8 nitrogen and oxygen atoms in total. The first-order valence-corrected chi connectivity index (χ1v) is 8.62. The van der Waals surface area contributed by atoms with Crippen molar-refractivity contribution >= 4 is 5.96 Å². The lowest BCUT2D eigenvalue weighted by atomic mass is 10.1. The molecule has 0 aliphatic rings. The highest BCUT2D eigenvalue weighted by Gasteiger charge is 2.07. The maximum absolute atomic E-state index is 5.92. The van der Waals surface area contributed by atoms with Gasteiger partial charge in [-0.15, -0.1) is 0 Å². The number of nitrogens with one attached hydrogen (secondary N) is 2. The first-order chi connectivity index (χ1) is 12.6. The number of benzene rings is 1. The van der Waals surface area contributed by atoms with Gasteiger partial charge in [0.25, 0.3) is 0 Å². The van der Waals surface area contributed by atoms with Crippen LogP contribution in [0, 0.1) is 6.92 Å². The highest BCUT2D eigenvalue weighted by molar-refractivity contribution is 5.79. The van der Waals surface area contributed by atoms with E-state index in [9.17, 15) is 0 Å². The summed E-state index contributed by atoms with van der Waals surface area (Å²) in [6.45, 7) is 4.53. The monoisotopic (exact) mass is 360 g/mol. The minimum absolute atomic E-state index is 0.546. The summed E-state index contributed by atoms with van der Waals surface area (Å²) < 4.78 is 12.7. The molecular formula is C18H28N6O2. The highest BCUT2D eigenvalue weighted by atomic mass is 16.5. The lowest BCUT2D eigenvalue weighted by molar-refractivity contribution is 0.171. The minimum Gasteiger partial charge on any atom is -0.493 e. The highest BCUT2D eigenvalue weighted by Crippen LogP contribution is 2.20. The van der Waals surface area contributed by atoms with E-state index in [1.807, 2.05) is 7.05 Å². The fourth-order valence-electron chi connectivity index (χ4n) is 2.37. The van der Waals surface area contributed by atoms with Crippen LogP contribution in [-0.2, 0) is 24.9 Å². The molecule has 0 radical (unpaired) electrons. The number of nitrogens with zero attached hydrogens (tertiary/aromatic N) is 4. The number of hydrogen-bond donors (Lipinski definition) is 2. The molecule has 1 aromatic heterocycles. The van der Waals surface area contributed by atoms with Gasteiger partial charge in [0.05, 0.1) is 13.2 Å². The van der Waals surface area contributed by atoms with Crippen LogP contribution in [0.25, 0.3) is 0 Å². The molecule has 0 atom stereocenters. The Morgan fingerprint density at radius 2 is 2.04 bits per heavy atom. The predicted octanol–water partition coefficient (Wildman–Crippen LogP) is 1.40. The third kappa shape index (κ3) is 6.03. The molecule has 0 spiro atoms. The molecule has 0 aliphatic heterocycles. The molecule has 0 bridgehead atoms. The van der Waals surface area contributed by atoms with Gasteiger partial charge in [0.2, 0.25) is 0 Å². The molecule has 0 saturated heterocycles. The number of methoxy groups -OCH3 is 1. The molecule has 1 heterocycles. The Balaban J connectivity index is 1.90. The zero-order valence-corrected chi connectivity index (χ0v) is 16.0. The quantitative estimate of drug-likeness (QED) is 0.399. The van der Waals surface area contributed by atoms with E-state index in [4.69, 9.17) is 9.47 Å². The van der Waals surface area contributed by atoms with Gasteiger partial charge < -0.3 is 20.1 Å². The van der Waals surface area contributed by atoms with Gasteiger partial charge in [-0.05, 0) is 18.6 Å². The molecule has 0 fully saturated rings. The van der Waals surface area contributed by atoms with E-state index in [0.29, 0.717) is 32.3 Å². The van der Waals surface area contributed by atoms with Crippen molar-refractivity contribution in [3.8, 4) is 5.75 Å². The molecule has 8 heteroatoms. The fourth-order valence-corrected chi connectivity index (χ4v) is 2.37. The second-order valence-electron chi connectivity index (χ2n) is 5.89.